The number of carbonyl (C=O) groups is 2. The van der Waals surface area contributed by atoms with E-state index in [1.54, 1.807) is 30.3 Å². The van der Waals surface area contributed by atoms with Crippen LogP contribution in [0.2, 0.25) is 10.0 Å². The van der Waals surface area contributed by atoms with Crippen molar-refractivity contribution in [1.82, 2.24) is 10.2 Å². The van der Waals surface area contributed by atoms with E-state index in [0.29, 0.717) is 40.8 Å². The Hall–Kier alpha value is -2.35. The maximum atomic E-state index is 12.3. The SMILES string of the molecule is CCCC(=O)N1CCN(c2ccc(NC(=S)NC(=O)c3ccccc3Cl)cc2Cl)CC1. The molecule has 1 heterocycles. The normalized spacial score (nSPS) is 13.6. The van der Waals surface area contributed by atoms with Gasteiger partial charge in [-0.3, -0.25) is 14.9 Å². The van der Waals surface area contributed by atoms with Crippen LogP contribution in [-0.4, -0.2) is 48.0 Å². The molecule has 1 fully saturated rings. The molecule has 3 rings (SSSR count). The van der Waals surface area contributed by atoms with Crippen LogP contribution >= 0.6 is 35.4 Å². The minimum Gasteiger partial charge on any atom is -0.367 e. The third kappa shape index (κ3) is 6.09. The topological polar surface area (TPSA) is 64.7 Å². The fourth-order valence-corrected chi connectivity index (χ4v) is 4.12. The molecule has 0 atom stereocenters. The number of thiocarbonyl (C=S) groups is 1. The Bertz CT molecular complexity index is 978. The molecule has 164 valence electrons. The van der Waals surface area contributed by atoms with Crippen molar-refractivity contribution < 1.29 is 9.59 Å². The lowest BCUT2D eigenvalue weighted by molar-refractivity contribution is -0.131. The van der Waals surface area contributed by atoms with Gasteiger partial charge in [-0.25, -0.2) is 0 Å². The lowest BCUT2D eigenvalue weighted by Gasteiger charge is -2.36. The summed E-state index contributed by atoms with van der Waals surface area (Å²) >= 11 is 17.8. The summed E-state index contributed by atoms with van der Waals surface area (Å²) in [5.41, 5.74) is 1.91. The highest BCUT2D eigenvalue weighted by Crippen LogP contribution is 2.30. The van der Waals surface area contributed by atoms with Gasteiger partial charge in [0, 0.05) is 38.3 Å². The van der Waals surface area contributed by atoms with Gasteiger partial charge in [-0.15, -0.1) is 0 Å². The van der Waals surface area contributed by atoms with E-state index in [0.717, 1.165) is 25.2 Å². The lowest BCUT2D eigenvalue weighted by Crippen LogP contribution is -2.48. The fourth-order valence-electron chi connectivity index (χ4n) is 3.39. The first-order valence-corrected chi connectivity index (χ1v) is 11.2. The van der Waals surface area contributed by atoms with Crippen LogP contribution in [0.5, 0.6) is 0 Å². The van der Waals surface area contributed by atoms with Crippen molar-refractivity contribution >= 4 is 63.7 Å². The third-order valence-electron chi connectivity index (χ3n) is 4.99. The number of carbonyl (C=O) groups excluding carboxylic acids is 2. The number of halogens is 2. The van der Waals surface area contributed by atoms with Gasteiger partial charge < -0.3 is 15.1 Å². The van der Waals surface area contributed by atoms with Crippen LogP contribution in [0, 0.1) is 0 Å². The maximum Gasteiger partial charge on any atom is 0.258 e. The molecule has 0 spiro atoms. The van der Waals surface area contributed by atoms with Crippen LogP contribution in [0.1, 0.15) is 30.1 Å². The number of rotatable bonds is 5. The summed E-state index contributed by atoms with van der Waals surface area (Å²) in [6.45, 7) is 4.85. The summed E-state index contributed by atoms with van der Waals surface area (Å²) in [7, 11) is 0. The van der Waals surface area contributed by atoms with Gasteiger partial charge in [0.25, 0.3) is 5.91 Å². The zero-order chi connectivity index (χ0) is 22.4. The molecule has 0 radical (unpaired) electrons. The molecule has 1 saturated heterocycles. The fraction of sp³-hybridized carbons (Fsp3) is 0.318. The summed E-state index contributed by atoms with van der Waals surface area (Å²) < 4.78 is 0. The Kier molecular flexibility index (Phi) is 8.12. The van der Waals surface area contributed by atoms with Crippen molar-refractivity contribution in [3.63, 3.8) is 0 Å². The van der Waals surface area contributed by atoms with Gasteiger partial charge in [0.2, 0.25) is 5.91 Å². The third-order valence-corrected chi connectivity index (χ3v) is 5.82. The number of benzene rings is 2. The van der Waals surface area contributed by atoms with Crippen molar-refractivity contribution in [3.8, 4) is 0 Å². The molecule has 2 aromatic carbocycles. The van der Waals surface area contributed by atoms with Crippen LogP contribution < -0.4 is 15.5 Å². The van der Waals surface area contributed by atoms with Gasteiger partial charge in [-0.05, 0) is 49.0 Å². The molecule has 2 amide bonds. The average Bonchev–Trinajstić information content (AvgIpc) is 2.74. The highest BCUT2D eigenvalue weighted by molar-refractivity contribution is 7.80. The van der Waals surface area contributed by atoms with E-state index in [2.05, 4.69) is 15.5 Å². The summed E-state index contributed by atoms with van der Waals surface area (Å²) in [5, 5.41) is 6.66. The smallest absolute Gasteiger partial charge is 0.258 e. The van der Waals surface area contributed by atoms with Crippen molar-refractivity contribution in [2.75, 3.05) is 36.4 Å². The summed E-state index contributed by atoms with van der Waals surface area (Å²) in [4.78, 5) is 28.5. The van der Waals surface area contributed by atoms with E-state index in [1.165, 1.54) is 0 Å². The first-order chi connectivity index (χ1) is 14.9. The molecule has 9 heteroatoms. The van der Waals surface area contributed by atoms with Crippen molar-refractivity contribution in [1.29, 1.82) is 0 Å². The maximum absolute atomic E-state index is 12.3. The number of nitrogens with one attached hydrogen (secondary N) is 2. The van der Waals surface area contributed by atoms with E-state index < -0.39 is 0 Å². The summed E-state index contributed by atoms with van der Waals surface area (Å²) in [5.74, 6) is -0.179. The zero-order valence-corrected chi connectivity index (χ0v) is 19.5. The number of anilines is 2. The van der Waals surface area contributed by atoms with E-state index >= 15 is 0 Å². The summed E-state index contributed by atoms with van der Waals surface area (Å²) in [6.07, 6.45) is 1.45. The second-order valence-corrected chi connectivity index (χ2v) is 8.39. The number of amides is 2. The second kappa shape index (κ2) is 10.8. The molecular formula is C22H24Cl2N4O2S. The van der Waals surface area contributed by atoms with Crippen molar-refractivity contribution in [2.24, 2.45) is 0 Å². The molecule has 0 aromatic heterocycles. The Morgan fingerprint density at radius 1 is 1.03 bits per heavy atom. The molecule has 1 aliphatic rings. The van der Waals surface area contributed by atoms with Gasteiger partial charge in [-0.1, -0.05) is 42.3 Å². The van der Waals surface area contributed by atoms with Crippen LogP contribution in [0.25, 0.3) is 0 Å². The Morgan fingerprint density at radius 2 is 1.74 bits per heavy atom. The first kappa shape index (κ1) is 23.3. The lowest BCUT2D eigenvalue weighted by atomic mass is 10.2. The molecule has 0 bridgehead atoms. The molecule has 0 aliphatic carbocycles. The molecular weight excluding hydrogens is 455 g/mol. The highest BCUT2D eigenvalue weighted by atomic mass is 35.5. The van der Waals surface area contributed by atoms with Crippen molar-refractivity contribution in [2.45, 2.75) is 19.8 Å². The largest absolute Gasteiger partial charge is 0.367 e. The molecule has 2 aromatic rings. The van der Waals surface area contributed by atoms with Crippen LogP contribution in [0.15, 0.2) is 42.5 Å². The van der Waals surface area contributed by atoms with Gasteiger partial charge in [-0.2, -0.15) is 0 Å². The van der Waals surface area contributed by atoms with E-state index in [9.17, 15) is 9.59 Å². The summed E-state index contributed by atoms with van der Waals surface area (Å²) in [6, 6.07) is 12.3. The predicted molar refractivity (Wildman–Crippen MR) is 130 cm³/mol. The molecule has 31 heavy (non-hydrogen) atoms. The standard InChI is InChI=1S/C22H24Cl2N4O2S/c1-2-5-20(29)28-12-10-27(11-13-28)19-9-8-15(14-18(19)24)25-22(31)26-21(30)16-6-3-4-7-17(16)23/h3-4,6-9,14H,2,5,10-13H2,1H3,(H2,25,26,30,31). The Balaban J connectivity index is 1.57. The molecule has 0 unspecified atom stereocenters. The number of hydrogen-bond acceptors (Lipinski definition) is 4. The van der Waals surface area contributed by atoms with Gasteiger partial charge in [0.1, 0.15) is 0 Å². The second-order valence-electron chi connectivity index (χ2n) is 7.17. The number of hydrogen-bond donors (Lipinski definition) is 2. The minimum atomic E-state index is -0.388. The van der Waals surface area contributed by atoms with E-state index in [-0.39, 0.29) is 16.9 Å². The minimum absolute atomic E-state index is 0.150. The van der Waals surface area contributed by atoms with Crippen LogP contribution in [-0.2, 0) is 4.79 Å². The van der Waals surface area contributed by atoms with Crippen LogP contribution in [0.4, 0.5) is 11.4 Å². The molecule has 1 aliphatic heterocycles. The monoisotopic (exact) mass is 478 g/mol. The Morgan fingerprint density at radius 3 is 2.39 bits per heavy atom. The predicted octanol–water partition coefficient (Wildman–Crippen LogP) is 4.57. The average molecular weight is 479 g/mol. The molecule has 0 saturated carbocycles. The number of nitrogens with zero attached hydrogens (tertiary/aromatic N) is 2. The highest BCUT2D eigenvalue weighted by Gasteiger charge is 2.22. The first-order valence-electron chi connectivity index (χ1n) is 10.1. The van der Waals surface area contributed by atoms with E-state index in [4.69, 9.17) is 35.4 Å². The zero-order valence-electron chi connectivity index (χ0n) is 17.2. The Labute approximate surface area is 197 Å². The van der Waals surface area contributed by atoms with Crippen LogP contribution in [0.3, 0.4) is 0 Å². The van der Waals surface area contributed by atoms with Crippen molar-refractivity contribution in [3.05, 3.63) is 58.1 Å². The molecule has 6 nitrogen and oxygen atoms in total. The molecule has 2 N–H and O–H groups in total. The van der Waals surface area contributed by atoms with Gasteiger partial charge >= 0.3 is 0 Å². The quantitative estimate of drug-likeness (QED) is 0.616. The van der Waals surface area contributed by atoms with Gasteiger partial charge in [0.15, 0.2) is 5.11 Å². The number of piperazine rings is 1. The van der Waals surface area contributed by atoms with E-state index in [1.807, 2.05) is 24.0 Å². The van der Waals surface area contributed by atoms with Gasteiger partial charge in [0.05, 0.1) is 21.3 Å².